The topological polar surface area (TPSA) is 75.3 Å². The fourth-order valence-electron chi connectivity index (χ4n) is 3.06. The lowest BCUT2D eigenvalue weighted by molar-refractivity contribution is -0.117. The first-order chi connectivity index (χ1) is 10.4. The summed E-state index contributed by atoms with van der Waals surface area (Å²) in [7, 11) is 0. The molecule has 2 atom stereocenters. The average molecular weight is 310 g/mol. The van der Waals surface area contributed by atoms with Crippen molar-refractivity contribution >= 4 is 5.91 Å². The minimum absolute atomic E-state index is 0.162. The number of aliphatic hydroxyl groups is 1. The molecule has 4 N–H and O–H groups in total. The molecule has 0 spiro atoms. The lowest BCUT2D eigenvalue weighted by Crippen LogP contribution is -2.38. The number of nitrogens with two attached hydrogens (primary N) is 1. The smallest absolute Gasteiger partial charge is 0.246 e. The Morgan fingerprint density at radius 2 is 1.95 bits per heavy atom. The van der Waals surface area contributed by atoms with E-state index in [0.29, 0.717) is 24.0 Å². The largest absolute Gasteiger partial charge is 0.391 e. The summed E-state index contributed by atoms with van der Waals surface area (Å²) in [5.74, 6) is 1.03. The van der Waals surface area contributed by atoms with Gasteiger partial charge >= 0.3 is 0 Å². The summed E-state index contributed by atoms with van der Waals surface area (Å²) in [4.78, 5) is 11.9. The molecule has 0 saturated heterocycles. The fraction of sp³-hybridized carbons (Fsp3) is 0.833. The Bertz CT molecular complexity index is 349. The molecule has 1 amide bonds. The standard InChI is InChI=1S/C18H34N2O2/c1-13(2)9-10-20-18(22)14(3)11-17(21)16(19)12-15-7-5-4-6-8-15/h13,15-17,21H,3-12,19H2,1-2H3,(H,20,22)/t16-,17-/m0/s1. The van der Waals surface area contributed by atoms with Crippen LogP contribution in [-0.4, -0.2) is 29.7 Å². The first-order valence-corrected chi connectivity index (χ1v) is 8.79. The van der Waals surface area contributed by atoms with Gasteiger partial charge in [0.2, 0.25) is 5.91 Å². The molecule has 0 heterocycles. The van der Waals surface area contributed by atoms with Gasteiger partial charge in [-0.2, -0.15) is 0 Å². The van der Waals surface area contributed by atoms with Crippen molar-refractivity contribution in [3.63, 3.8) is 0 Å². The van der Waals surface area contributed by atoms with Crippen LogP contribution in [0.25, 0.3) is 0 Å². The molecule has 1 rings (SSSR count). The third kappa shape index (κ3) is 7.41. The Morgan fingerprint density at radius 3 is 2.55 bits per heavy atom. The third-order valence-electron chi connectivity index (χ3n) is 4.61. The Kier molecular flexibility index (Phi) is 8.72. The van der Waals surface area contributed by atoms with Crippen molar-refractivity contribution in [2.24, 2.45) is 17.6 Å². The molecule has 0 aromatic heterocycles. The van der Waals surface area contributed by atoms with E-state index < -0.39 is 6.10 Å². The molecule has 0 radical (unpaired) electrons. The minimum atomic E-state index is -0.676. The van der Waals surface area contributed by atoms with Crippen molar-refractivity contribution in [2.45, 2.75) is 77.4 Å². The van der Waals surface area contributed by atoms with Crippen molar-refractivity contribution in [3.05, 3.63) is 12.2 Å². The van der Waals surface area contributed by atoms with Crippen LogP contribution in [0, 0.1) is 11.8 Å². The molecule has 22 heavy (non-hydrogen) atoms. The van der Waals surface area contributed by atoms with Gasteiger partial charge in [0.1, 0.15) is 0 Å². The van der Waals surface area contributed by atoms with Crippen LogP contribution >= 0.6 is 0 Å². The normalized spacial score (nSPS) is 19.0. The number of nitrogens with one attached hydrogen (secondary N) is 1. The SMILES string of the molecule is C=C(C[C@H](O)[C@@H](N)CC1CCCCC1)C(=O)NCCC(C)C. The van der Waals surface area contributed by atoms with Gasteiger partial charge in [0, 0.05) is 24.6 Å². The maximum atomic E-state index is 11.9. The maximum Gasteiger partial charge on any atom is 0.246 e. The van der Waals surface area contributed by atoms with E-state index in [1.54, 1.807) is 0 Å². The van der Waals surface area contributed by atoms with Gasteiger partial charge in [-0.3, -0.25) is 4.79 Å². The molecule has 4 nitrogen and oxygen atoms in total. The minimum Gasteiger partial charge on any atom is -0.391 e. The lowest BCUT2D eigenvalue weighted by atomic mass is 9.83. The Labute approximate surface area is 135 Å². The van der Waals surface area contributed by atoms with Crippen LogP contribution in [0.2, 0.25) is 0 Å². The van der Waals surface area contributed by atoms with E-state index in [1.165, 1.54) is 32.1 Å². The van der Waals surface area contributed by atoms with Crippen LogP contribution in [0.5, 0.6) is 0 Å². The third-order valence-corrected chi connectivity index (χ3v) is 4.61. The molecule has 0 aliphatic heterocycles. The molecule has 4 heteroatoms. The van der Waals surface area contributed by atoms with E-state index in [2.05, 4.69) is 25.7 Å². The van der Waals surface area contributed by atoms with Crippen LogP contribution in [0.1, 0.15) is 65.2 Å². The van der Waals surface area contributed by atoms with Gasteiger partial charge < -0.3 is 16.2 Å². The number of aliphatic hydroxyl groups excluding tert-OH is 1. The van der Waals surface area contributed by atoms with Crippen LogP contribution in [-0.2, 0) is 4.79 Å². The highest BCUT2D eigenvalue weighted by atomic mass is 16.3. The monoisotopic (exact) mass is 310 g/mol. The number of rotatable bonds is 9. The molecule has 1 saturated carbocycles. The fourth-order valence-corrected chi connectivity index (χ4v) is 3.06. The zero-order valence-electron chi connectivity index (χ0n) is 14.3. The Hall–Kier alpha value is -0.870. The number of carbonyl (C=O) groups excluding carboxylic acids is 1. The van der Waals surface area contributed by atoms with E-state index in [4.69, 9.17) is 5.73 Å². The van der Waals surface area contributed by atoms with Crippen molar-refractivity contribution in [2.75, 3.05) is 6.54 Å². The van der Waals surface area contributed by atoms with Crippen LogP contribution < -0.4 is 11.1 Å². The van der Waals surface area contributed by atoms with E-state index in [-0.39, 0.29) is 18.4 Å². The number of carbonyl (C=O) groups is 1. The molecule has 0 bridgehead atoms. The van der Waals surface area contributed by atoms with E-state index in [9.17, 15) is 9.90 Å². The molecular formula is C18H34N2O2. The first kappa shape index (κ1) is 19.2. The average Bonchev–Trinajstić information content (AvgIpc) is 2.47. The summed E-state index contributed by atoms with van der Waals surface area (Å²) in [6.45, 7) is 8.69. The quantitative estimate of drug-likeness (QED) is 0.573. The van der Waals surface area contributed by atoms with Gasteiger partial charge in [-0.15, -0.1) is 0 Å². The molecule has 0 unspecified atom stereocenters. The molecule has 1 aliphatic rings. The highest BCUT2D eigenvalue weighted by Gasteiger charge is 2.23. The maximum absolute atomic E-state index is 11.9. The zero-order chi connectivity index (χ0) is 16.5. The second kappa shape index (κ2) is 10.0. The van der Waals surface area contributed by atoms with Crippen molar-refractivity contribution < 1.29 is 9.90 Å². The van der Waals surface area contributed by atoms with Gasteiger partial charge in [0.25, 0.3) is 0 Å². The highest BCUT2D eigenvalue weighted by molar-refractivity contribution is 5.92. The summed E-state index contributed by atoms with van der Waals surface area (Å²) in [6, 6.07) is -0.261. The number of amides is 1. The second-order valence-corrected chi connectivity index (χ2v) is 7.22. The summed E-state index contributed by atoms with van der Waals surface area (Å²) in [6.07, 6.45) is 7.70. The van der Waals surface area contributed by atoms with E-state index in [0.717, 1.165) is 12.8 Å². The second-order valence-electron chi connectivity index (χ2n) is 7.22. The molecule has 0 aromatic carbocycles. The lowest BCUT2D eigenvalue weighted by Gasteiger charge is -2.27. The highest BCUT2D eigenvalue weighted by Crippen LogP contribution is 2.28. The van der Waals surface area contributed by atoms with E-state index in [1.807, 2.05) is 0 Å². The van der Waals surface area contributed by atoms with Gasteiger partial charge in [0.15, 0.2) is 0 Å². The van der Waals surface area contributed by atoms with Crippen LogP contribution in [0.15, 0.2) is 12.2 Å². The molecular weight excluding hydrogens is 276 g/mol. The summed E-state index contributed by atoms with van der Waals surface area (Å²) in [5, 5.41) is 13.1. The van der Waals surface area contributed by atoms with Crippen molar-refractivity contribution in [1.29, 1.82) is 0 Å². The molecule has 128 valence electrons. The predicted molar refractivity (Wildman–Crippen MR) is 91.4 cm³/mol. The summed E-state index contributed by atoms with van der Waals surface area (Å²) >= 11 is 0. The van der Waals surface area contributed by atoms with Crippen molar-refractivity contribution in [3.8, 4) is 0 Å². The van der Waals surface area contributed by atoms with Crippen molar-refractivity contribution in [1.82, 2.24) is 5.32 Å². The molecule has 0 aromatic rings. The first-order valence-electron chi connectivity index (χ1n) is 8.79. The van der Waals surface area contributed by atoms with Crippen LogP contribution in [0.4, 0.5) is 0 Å². The predicted octanol–water partition coefficient (Wildman–Crippen LogP) is 2.75. The number of hydrogen-bond acceptors (Lipinski definition) is 3. The zero-order valence-corrected chi connectivity index (χ0v) is 14.3. The number of hydrogen-bond donors (Lipinski definition) is 3. The van der Waals surface area contributed by atoms with E-state index >= 15 is 0 Å². The molecule has 1 aliphatic carbocycles. The van der Waals surface area contributed by atoms with Gasteiger partial charge in [-0.05, 0) is 24.7 Å². The van der Waals surface area contributed by atoms with Gasteiger partial charge in [0.05, 0.1) is 6.10 Å². The Balaban J connectivity index is 2.27. The summed E-state index contributed by atoms with van der Waals surface area (Å²) in [5.41, 5.74) is 6.54. The van der Waals surface area contributed by atoms with Gasteiger partial charge in [-0.25, -0.2) is 0 Å². The summed E-state index contributed by atoms with van der Waals surface area (Å²) < 4.78 is 0. The Morgan fingerprint density at radius 1 is 1.32 bits per heavy atom. The van der Waals surface area contributed by atoms with Crippen LogP contribution in [0.3, 0.4) is 0 Å². The molecule has 1 fully saturated rings. The van der Waals surface area contributed by atoms with Gasteiger partial charge in [-0.1, -0.05) is 52.5 Å².